The van der Waals surface area contributed by atoms with Gasteiger partial charge in [-0.25, -0.2) is 4.39 Å². The van der Waals surface area contributed by atoms with E-state index in [9.17, 15) is 14.0 Å². The summed E-state index contributed by atoms with van der Waals surface area (Å²) in [6.07, 6.45) is 1.57. The second-order valence-corrected chi connectivity index (χ2v) is 7.18. The van der Waals surface area contributed by atoms with Gasteiger partial charge in [0.25, 0.3) is 0 Å². The van der Waals surface area contributed by atoms with E-state index < -0.39 is 0 Å². The highest BCUT2D eigenvalue weighted by atomic mass is 19.1. The summed E-state index contributed by atoms with van der Waals surface area (Å²) in [5.41, 5.74) is 1.73. The number of amides is 2. The van der Waals surface area contributed by atoms with Gasteiger partial charge in [0.2, 0.25) is 11.8 Å². The first kappa shape index (κ1) is 19.9. The molecule has 1 unspecified atom stereocenters. The second kappa shape index (κ2) is 9.35. The smallest absolute Gasteiger partial charge is 0.233 e. The third kappa shape index (κ3) is 5.55. The van der Waals surface area contributed by atoms with Crippen molar-refractivity contribution in [2.45, 2.75) is 26.2 Å². The van der Waals surface area contributed by atoms with Gasteiger partial charge in [-0.1, -0.05) is 24.3 Å². The van der Waals surface area contributed by atoms with Gasteiger partial charge in [0.1, 0.15) is 6.42 Å². The molecule has 1 saturated heterocycles. The molecule has 1 fully saturated rings. The van der Waals surface area contributed by atoms with Gasteiger partial charge < -0.3 is 15.0 Å². The summed E-state index contributed by atoms with van der Waals surface area (Å²) in [4.78, 5) is 26.4. The number of nitrogens with zero attached hydrogens (tertiary/aromatic N) is 1. The van der Waals surface area contributed by atoms with E-state index in [2.05, 4.69) is 5.32 Å². The highest BCUT2D eigenvalue weighted by molar-refractivity contribution is 6.03. The Balaban J connectivity index is 1.48. The summed E-state index contributed by atoms with van der Waals surface area (Å²) < 4.78 is 19.2. The van der Waals surface area contributed by atoms with E-state index in [4.69, 9.17) is 4.74 Å². The van der Waals surface area contributed by atoms with Crippen molar-refractivity contribution in [1.29, 1.82) is 0 Å². The molecule has 1 aliphatic heterocycles. The number of aryl methyl sites for hydroxylation is 1. The fraction of sp³-hybridized carbons (Fsp3) is 0.364. The van der Waals surface area contributed by atoms with E-state index in [1.165, 1.54) is 6.07 Å². The number of para-hydroxylation sites is 1. The van der Waals surface area contributed by atoms with Crippen LogP contribution in [0.3, 0.4) is 0 Å². The molecule has 6 heteroatoms. The Kier molecular flexibility index (Phi) is 6.63. The number of piperidine rings is 1. The maximum absolute atomic E-state index is 13.7. The van der Waals surface area contributed by atoms with E-state index >= 15 is 0 Å². The number of nitrogens with one attached hydrogen (secondary N) is 1. The SMILES string of the molecule is Cc1cccc(NC(=O)CC(=O)N2CCCC(COc3ccccc3F)C2)c1. The average Bonchev–Trinajstić information content (AvgIpc) is 2.67. The zero-order valence-corrected chi connectivity index (χ0v) is 16.0. The van der Waals surface area contributed by atoms with Crippen LogP contribution in [-0.4, -0.2) is 36.4 Å². The third-order valence-electron chi connectivity index (χ3n) is 4.80. The molecule has 3 rings (SSSR count). The Morgan fingerprint density at radius 1 is 1.21 bits per heavy atom. The van der Waals surface area contributed by atoms with Gasteiger partial charge in [-0.2, -0.15) is 0 Å². The summed E-state index contributed by atoms with van der Waals surface area (Å²) in [7, 11) is 0. The lowest BCUT2D eigenvalue weighted by Crippen LogP contribution is -2.42. The van der Waals surface area contributed by atoms with Gasteiger partial charge in [0.15, 0.2) is 11.6 Å². The summed E-state index contributed by atoms with van der Waals surface area (Å²) in [6, 6.07) is 13.8. The van der Waals surface area contributed by atoms with Crippen LogP contribution in [-0.2, 0) is 9.59 Å². The largest absolute Gasteiger partial charge is 0.490 e. The molecule has 5 nitrogen and oxygen atoms in total. The molecule has 2 aromatic carbocycles. The first-order valence-corrected chi connectivity index (χ1v) is 9.53. The van der Waals surface area contributed by atoms with Gasteiger partial charge in [0, 0.05) is 24.7 Å². The van der Waals surface area contributed by atoms with Gasteiger partial charge in [-0.05, 0) is 49.6 Å². The Labute approximate surface area is 164 Å². The van der Waals surface area contributed by atoms with Crippen LogP contribution in [0.1, 0.15) is 24.8 Å². The molecular formula is C22H25FN2O3. The fourth-order valence-corrected chi connectivity index (χ4v) is 3.37. The molecule has 0 aliphatic carbocycles. The van der Waals surface area contributed by atoms with E-state index in [1.54, 1.807) is 29.2 Å². The molecule has 0 bridgehead atoms. The molecule has 28 heavy (non-hydrogen) atoms. The lowest BCUT2D eigenvalue weighted by molar-refractivity contribution is -0.136. The molecule has 2 aromatic rings. The highest BCUT2D eigenvalue weighted by Crippen LogP contribution is 2.21. The van der Waals surface area contributed by atoms with E-state index in [0.717, 1.165) is 18.4 Å². The number of carbonyl (C=O) groups is 2. The number of likely N-dealkylation sites (tertiary alicyclic amines) is 1. The average molecular weight is 384 g/mol. The predicted molar refractivity (Wildman–Crippen MR) is 106 cm³/mol. The van der Waals surface area contributed by atoms with Crippen LogP contribution in [0.2, 0.25) is 0 Å². The topological polar surface area (TPSA) is 58.6 Å². The Bertz CT molecular complexity index is 840. The summed E-state index contributed by atoms with van der Waals surface area (Å²) in [5.74, 6) is -0.555. The molecule has 2 amide bonds. The number of halogens is 1. The van der Waals surface area contributed by atoms with Gasteiger partial charge in [0.05, 0.1) is 6.61 Å². The van der Waals surface area contributed by atoms with Crippen LogP contribution in [0.4, 0.5) is 10.1 Å². The molecule has 1 aliphatic rings. The maximum atomic E-state index is 13.7. The minimum atomic E-state index is -0.390. The van der Waals surface area contributed by atoms with Gasteiger partial charge >= 0.3 is 0 Å². The highest BCUT2D eigenvalue weighted by Gasteiger charge is 2.25. The van der Waals surface area contributed by atoms with Crippen molar-refractivity contribution in [2.75, 3.05) is 25.0 Å². The monoisotopic (exact) mass is 384 g/mol. The first-order chi connectivity index (χ1) is 13.5. The molecule has 1 atom stereocenters. The number of anilines is 1. The number of hydrogen-bond donors (Lipinski definition) is 1. The normalized spacial score (nSPS) is 16.5. The Morgan fingerprint density at radius 2 is 2.04 bits per heavy atom. The zero-order chi connectivity index (χ0) is 19.9. The molecule has 0 spiro atoms. The predicted octanol–water partition coefficient (Wildman–Crippen LogP) is 3.78. The van der Waals surface area contributed by atoms with Crippen molar-refractivity contribution in [2.24, 2.45) is 5.92 Å². The Morgan fingerprint density at radius 3 is 2.82 bits per heavy atom. The van der Waals surface area contributed by atoms with Crippen LogP contribution in [0.25, 0.3) is 0 Å². The van der Waals surface area contributed by atoms with Crippen LogP contribution >= 0.6 is 0 Å². The number of benzene rings is 2. The zero-order valence-electron chi connectivity index (χ0n) is 16.0. The quantitative estimate of drug-likeness (QED) is 0.771. The molecule has 1 heterocycles. The van der Waals surface area contributed by atoms with Crippen molar-refractivity contribution in [1.82, 2.24) is 4.90 Å². The van der Waals surface area contributed by atoms with E-state index in [-0.39, 0.29) is 35.7 Å². The van der Waals surface area contributed by atoms with Crippen LogP contribution in [0.5, 0.6) is 5.75 Å². The van der Waals surface area contributed by atoms with Gasteiger partial charge in [-0.3, -0.25) is 9.59 Å². The lowest BCUT2D eigenvalue weighted by atomic mass is 9.98. The van der Waals surface area contributed by atoms with Crippen molar-refractivity contribution in [3.63, 3.8) is 0 Å². The van der Waals surface area contributed by atoms with Crippen molar-refractivity contribution in [3.8, 4) is 5.75 Å². The molecular weight excluding hydrogens is 359 g/mol. The molecule has 1 N–H and O–H groups in total. The van der Waals surface area contributed by atoms with E-state index in [1.807, 2.05) is 25.1 Å². The lowest BCUT2D eigenvalue weighted by Gasteiger charge is -2.32. The van der Waals surface area contributed by atoms with Crippen LogP contribution in [0, 0.1) is 18.7 Å². The summed E-state index contributed by atoms with van der Waals surface area (Å²) >= 11 is 0. The van der Waals surface area contributed by atoms with Gasteiger partial charge in [-0.15, -0.1) is 0 Å². The van der Waals surface area contributed by atoms with Crippen molar-refractivity contribution >= 4 is 17.5 Å². The standard InChI is InChI=1S/C22H25FN2O3/c1-16-6-4-8-18(12-16)24-21(26)13-22(27)25-11-5-7-17(14-25)15-28-20-10-3-2-9-19(20)23/h2-4,6,8-10,12,17H,5,7,11,13-15H2,1H3,(H,24,26). The number of rotatable bonds is 6. The summed E-state index contributed by atoms with van der Waals surface area (Å²) in [6.45, 7) is 3.44. The Hall–Kier alpha value is -2.89. The van der Waals surface area contributed by atoms with Crippen LogP contribution < -0.4 is 10.1 Å². The second-order valence-electron chi connectivity index (χ2n) is 7.18. The minimum Gasteiger partial charge on any atom is -0.490 e. The van der Waals surface area contributed by atoms with Crippen molar-refractivity contribution < 1.29 is 18.7 Å². The first-order valence-electron chi connectivity index (χ1n) is 9.53. The number of ether oxygens (including phenoxy) is 1. The third-order valence-corrected chi connectivity index (χ3v) is 4.80. The molecule has 148 valence electrons. The number of hydrogen-bond acceptors (Lipinski definition) is 3. The molecule has 0 saturated carbocycles. The maximum Gasteiger partial charge on any atom is 0.233 e. The fourth-order valence-electron chi connectivity index (χ4n) is 3.37. The van der Waals surface area contributed by atoms with E-state index in [0.29, 0.717) is 25.4 Å². The van der Waals surface area contributed by atoms with Crippen LogP contribution in [0.15, 0.2) is 48.5 Å². The minimum absolute atomic E-state index is 0.122. The molecule has 0 aromatic heterocycles. The summed E-state index contributed by atoms with van der Waals surface area (Å²) in [5, 5.41) is 2.76. The van der Waals surface area contributed by atoms with Crippen molar-refractivity contribution in [3.05, 3.63) is 59.9 Å². The number of carbonyl (C=O) groups excluding carboxylic acids is 2. The molecule has 0 radical (unpaired) electrons.